The molecule has 2 heterocycles. The lowest BCUT2D eigenvalue weighted by atomic mass is 10.2. The third-order valence-electron chi connectivity index (χ3n) is 4.52. The van der Waals surface area contributed by atoms with Gasteiger partial charge in [-0.1, -0.05) is 0 Å². The van der Waals surface area contributed by atoms with Crippen LogP contribution in [0, 0.1) is 13.5 Å². The van der Waals surface area contributed by atoms with Gasteiger partial charge in [0, 0.05) is 43.9 Å². The quantitative estimate of drug-likeness (QED) is 0.317. The number of thiophene rings is 1. The number of furan rings is 1. The van der Waals surface area contributed by atoms with E-state index in [1.807, 2.05) is 33.8 Å². The number of aliphatic hydroxyl groups excluding tert-OH is 2. The Morgan fingerprint density at radius 1 is 1.12 bits per heavy atom. The smallest absolute Gasteiger partial charge is 0.443 e. The van der Waals surface area contributed by atoms with Crippen molar-refractivity contribution in [2.75, 3.05) is 51.0 Å². The number of hydrogen-bond donors (Lipinski definition) is 2. The highest BCUT2D eigenvalue weighted by atomic mass is 32.1. The van der Waals surface area contributed by atoms with Crippen LogP contribution < -0.4 is 9.40 Å². The van der Waals surface area contributed by atoms with Gasteiger partial charge < -0.3 is 32.8 Å². The number of hydrogen-bond acceptors (Lipinski definition) is 8. The first-order chi connectivity index (χ1) is 15.5. The largest absolute Gasteiger partial charge is 0.547 e. The minimum absolute atomic E-state index is 0.0541. The molecule has 0 bridgehead atoms. The molecule has 0 aliphatic rings. The summed E-state index contributed by atoms with van der Waals surface area (Å²) in [4.78, 5) is 6.29. The number of aliphatic hydroxyl groups is 2. The molecule has 0 spiro atoms. The summed E-state index contributed by atoms with van der Waals surface area (Å²) in [6.07, 6.45) is 1.69. The van der Waals surface area contributed by atoms with E-state index < -0.39 is 8.80 Å². The van der Waals surface area contributed by atoms with E-state index in [0.717, 1.165) is 14.9 Å². The minimum atomic E-state index is -3.05. The van der Waals surface area contributed by atoms with Gasteiger partial charge in [-0.05, 0) is 51.5 Å². The molecule has 0 unspecified atom stereocenters. The Morgan fingerprint density at radius 3 is 2.22 bits per heavy atom. The average molecular weight is 481 g/mol. The molecule has 0 aliphatic heterocycles. The molecule has 2 rings (SSSR count). The van der Waals surface area contributed by atoms with Gasteiger partial charge in [0.2, 0.25) is 5.70 Å². The van der Waals surface area contributed by atoms with Gasteiger partial charge in [-0.3, -0.25) is 0 Å². The van der Waals surface area contributed by atoms with Crippen LogP contribution in [-0.2, 0) is 13.3 Å². The molecule has 2 aromatic rings. The Bertz CT molecular complexity index is 897. The normalized spacial score (nSPS) is 12.2. The minimum Gasteiger partial charge on any atom is -0.443 e. The van der Waals surface area contributed by atoms with Gasteiger partial charge in [0.25, 0.3) is 0 Å². The fourth-order valence-electron chi connectivity index (χ4n) is 3.24. The van der Waals surface area contributed by atoms with E-state index in [-0.39, 0.29) is 13.2 Å². The summed E-state index contributed by atoms with van der Waals surface area (Å²) in [5.41, 5.74) is 1.39. The van der Waals surface area contributed by atoms with E-state index in [1.54, 1.807) is 23.1 Å². The second kappa shape index (κ2) is 12.9. The summed E-state index contributed by atoms with van der Waals surface area (Å²) in [6, 6.07) is 5.53. The van der Waals surface area contributed by atoms with Gasteiger partial charge in [0.05, 0.1) is 24.3 Å². The molecule has 0 saturated heterocycles. The Kier molecular flexibility index (Phi) is 10.6. The molecule has 0 aliphatic carbocycles. The van der Waals surface area contributed by atoms with Gasteiger partial charge in [0.15, 0.2) is 5.88 Å². The van der Waals surface area contributed by atoms with Gasteiger partial charge in [0.1, 0.15) is 5.76 Å². The van der Waals surface area contributed by atoms with E-state index in [9.17, 15) is 10.2 Å². The van der Waals surface area contributed by atoms with Crippen LogP contribution in [0.25, 0.3) is 16.6 Å². The fraction of sp³-hybridized carbons (Fsp3) is 0.500. The molecule has 2 N–H and O–H groups in total. The lowest BCUT2D eigenvalue weighted by Crippen LogP contribution is -2.55. The zero-order valence-corrected chi connectivity index (χ0v) is 20.9. The predicted octanol–water partition coefficient (Wildman–Crippen LogP) is 3.11. The van der Waals surface area contributed by atoms with Crippen LogP contribution in [0.4, 0.5) is 5.88 Å². The molecule has 0 atom stereocenters. The maximum Gasteiger partial charge on any atom is 0.547 e. The molecule has 176 valence electrons. The monoisotopic (exact) mass is 480 g/mol. The molecule has 10 heteroatoms. The highest BCUT2D eigenvalue weighted by Gasteiger charge is 2.45. The van der Waals surface area contributed by atoms with Crippen molar-refractivity contribution in [3.8, 4) is 0 Å². The third-order valence-corrected chi connectivity index (χ3v) is 9.40. The van der Waals surface area contributed by atoms with Crippen LogP contribution in [-0.4, -0.2) is 65.1 Å². The molecule has 0 amide bonds. The molecule has 0 aromatic carbocycles. The van der Waals surface area contributed by atoms with Crippen molar-refractivity contribution in [1.29, 1.82) is 0 Å². The Balaban J connectivity index is 2.41. The van der Waals surface area contributed by atoms with Crippen LogP contribution in [0.3, 0.4) is 0 Å². The number of aryl methyl sites for hydroxylation is 1. The molecule has 0 radical (unpaired) electrons. The first-order valence-corrected chi connectivity index (χ1v) is 13.2. The zero-order chi connectivity index (χ0) is 23.6. The highest BCUT2D eigenvalue weighted by molar-refractivity contribution is 7.25. The third kappa shape index (κ3) is 6.30. The number of nitrogens with zero attached hydrogens (tertiary/aromatic N) is 2. The van der Waals surface area contributed by atoms with Crippen molar-refractivity contribution in [2.24, 2.45) is 0 Å². The van der Waals surface area contributed by atoms with Crippen LogP contribution >= 0.6 is 11.3 Å². The Hall–Kier alpha value is -1.97. The first kappa shape index (κ1) is 26.3. The summed E-state index contributed by atoms with van der Waals surface area (Å²) < 4.78 is 24.8. The molecule has 2 aromatic heterocycles. The maximum atomic E-state index is 9.23. The standard InChI is InChI=1S/C22H32N2O6SSi/c1-6-27-32(28-7-2,29-8-3)21-15-17(4)22(31-21)19(23-5)16-18-9-10-20(30-18)24(11-13-25)12-14-26/h9-10,15-16,25-26H,6-8,11-14H2,1-4H3/b19-16-. The Labute approximate surface area is 194 Å². The van der Waals surface area contributed by atoms with Crippen molar-refractivity contribution in [1.82, 2.24) is 0 Å². The van der Waals surface area contributed by atoms with Crippen molar-refractivity contribution < 1.29 is 27.9 Å². The van der Waals surface area contributed by atoms with Gasteiger partial charge >= 0.3 is 8.80 Å². The van der Waals surface area contributed by atoms with E-state index in [2.05, 4.69) is 4.85 Å². The summed E-state index contributed by atoms with van der Waals surface area (Å²) in [6.45, 7) is 17.4. The van der Waals surface area contributed by atoms with Gasteiger partial charge in [-0.15, -0.1) is 11.3 Å². The van der Waals surface area contributed by atoms with Crippen LogP contribution in [0.2, 0.25) is 0 Å². The van der Waals surface area contributed by atoms with Crippen LogP contribution in [0.5, 0.6) is 0 Å². The zero-order valence-electron chi connectivity index (χ0n) is 19.1. The lowest BCUT2D eigenvalue weighted by Gasteiger charge is -2.27. The van der Waals surface area contributed by atoms with E-state index in [0.29, 0.717) is 50.3 Å². The van der Waals surface area contributed by atoms with E-state index >= 15 is 0 Å². The molecule has 32 heavy (non-hydrogen) atoms. The number of rotatable bonds is 14. The van der Waals surface area contributed by atoms with E-state index in [4.69, 9.17) is 24.3 Å². The summed E-state index contributed by atoms with van der Waals surface area (Å²) >= 11 is 1.45. The van der Waals surface area contributed by atoms with Crippen molar-refractivity contribution in [3.63, 3.8) is 0 Å². The molecule has 0 fully saturated rings. The number of anilines is 1. The summed E-state index contributed by atoms with van der Waals surface area (Å²) in [5.74, 6) is 1.05. The highest BCUT2D eigenvalue weighted by Crippen LogP contribution is 2.30. The fourth-order valence-corrected chi connectivity index (χ4v) is 7.67. The topological polar surface area (TPSA) is 88.9 Å². The first-order valence-electron chi connectivity index (χ1n) is 10.7. The van der Waals surface area contributed by atoms with Crippen molar-refractivity contribution in [2.45, 2.75) is 27.7 Å². The molecule has 0 saturated carbocycles. The van der Waals surface area contributed by atoms with Crippen molar-refractivity contribution >= 4 is 42.3 Å². The molecular weight excluding hydrogens is 448 g/mol. The predicted molar refractivity (Wildman–Crippen MR) is 129 cm³/mol. The second-order valence-corrected chi connectivity index (χ2v) is 10.7. The van der Waals surface area contributed by atoms with E-state index in [1.165, 1.54) is 11.3 Å². The summed E-state index contributed by atoms with van der Waals surface area (Å²) in [5, 5.41) is 18.5. The van der Waals surface area contributed by atoms with Crippen molar-refractivity contribution in [3.05, 3.63) is 45.8 Å². The van der Waals surface area contributed by atoms with Crippen LogP contribution in [0.15, 0.2) is 22.6 Å². The molecule has 8 nitrogen and oxygen atoms in total. The second-order valence-electron chi connectivity index (χ2n) is 6.73. The molecular formula is C22H32N2O6SSi. The lowest BCUT2D eigenvalue weighted by molar-refractivity contribution is 0.0866. The maximum absolute atomic E-state index is 9.23. The van der Waals surface area contributed by atoms with Gasteiger partial charge in [-0.25, -0.2) is 4.85 Å². The van der Waals surface area contributed by atoms with Gasteiger partial charge in [-0.2, -0.15) is 0 Å². The summed E-state index contributed by atoms with van der Waals surface area (Å²) in [7, 11) is -3.05. The van der Waals surface area contributed by atoms with Crippen LogP contribution in [0.1, 0.15) is 37.0 Å². The average Bonchev–Trinajstić information content (AvgIpc) is 3.39. The SMILES string of the molecule is [C-]#[N+]/C(=C\c1ccc(N(CCO)CCO)o1)c1sc([Si](OCC)(OCC)OCC)cc1C. The Morgan fingerprint density at radius 2 is 1.72 bits per heavy atom.